The van der Waals surface area contributed by atoms with Gasteiger partial charge >= 0.3 is 0 Å². The molecule has 3 heterocycles. The number of nitrogens with two attached hydrogens (primary N) is 1. The first-order chi connectivity index (χ1) is 13.3. The van der Waals surface area contributed by atoms with Crippen LogP contribution < -0.4 is 15.8 Å². The molecule has 0 fully saturated rings. The van der Waals surface area contributed by atoms with Gasteiger partial charge in [-0.3, -0.25) is 9.78 Å². The number of hydrogen-bond donors (Lipinski definition) is 2. The van der Waals surface area contributed by atoms with Crippen molar-refractivity contribution in [1.29, 1.82) is 0 Å². The number of thiophene rings is 2. The summed E-state index contributed by atoms with van der Waals surface area (Å²) in [6.45, 7) is 5.93. The standard InChI is InChI=1S/C21H21N3O2S2/c1-11-18(20(25)23-4)13-6-5-12(9-16(13)27-11)26-15-7-8-24-14-10-17(21(2,3)22)28-19(14)15/h5-10H,22H2,1-4H3,(H,23,25). The highest BCUT2D eigenvalue weighted by atomic mass is 32.1. The van der Waals surface area contributed by atoms with E-state index >= 15 is 0 Å². The quantitative estimate of drug-likeness (QED) is 0.486. The van der Waals surface area contributed by atoms with Crippen molar-refractivity contribution in [3.63, 3.8) is 0 Å². The molecule has 1 aromatic carbocycles. The normalized spacial score (nSPS) is 11.9. The molecule has 0 bridgehead atoms. The molecule has 3 aromatic heterocycles. The average molecular weight is 412 g/mol. The second-order valence-electron chi connectivity index (χ2n) is 7.23. The molecule has 4 aromatic rings. The molecule has 0 aliphatic carbocycles. The van der Waals surface area contributed by atoms with Gasteiger partial charge in [0.25, 0.3) is 5.91 Å². The molecule has 0 aliphatic heterocycles. The van der Waals surface area contributed by atoms with Gasteiger partial charge in [-0.2, -0.15) is 0 Å². The average Bonchev–Trinajstić information content (AvgIpc) is 3.22. The molecule has 7 heteroatoms. The lowest BCUT2D eigenvalue weighted by molar-refractivity contribution is 0.0964. The molecule has 4 rings (SSSR count). The van der Waals surface area contributed by atoms with Crippen LogP contribution in [0, 0.1) is 6.92 Å². The summed E-state index contributed by atoms with van der Waals surface area (Å²) in [5.41, 5.74) is 7.43. The van der Waals surface area contributed by atoms with Crippen molar-refractivity contribution in [2.45, 2.75) is 26.3 Å². The Labute approximate surface area is 171 Å². The van der Waals surface area contributed by atoms with Crippen molar-refractivity contribution in [1.82, 2.24) is 10.3 Å². The molecule has 144 valence electrons. The van der Waals surface area contributed by atoms with E-state index in [-0.39, 0.29) is 5.91 Å². The first-order valence-corrected chi connectivity index (χ1v) is 10.5. The van der Waals surface area contributed by atoms with Gasteiger partial charge in [0.1, 0.15) is 11.5 Å². The summed E-state index contributed by atoms with van der Waals surface area (Å²) in [6, 6.07) is 9.71. The van der Waals surface area contributed by atoms with Gasteiger partial charge in [0.05, 0.1) is 15.8 Å². The van der Waals surface area contributed by atoms with E-state index in [4.69, 9.17) is 10.5 Å². The second-order valence-corrected chi connectivity index (χ2v) is 9.54. The van der Waals surface area contributed by atoms with E-state index in [1.54, 1.807) is 35.9 Å². The fraction of sp³-hybridized carbons (Fsp3) is 0.238. The molecule has 0 aliphatic rings. The smallest absolute Gasteiger partial charge is 0.252 e. The van der Waals surface area contributed by atoms with Crippen molar-refractivity contribution in [3.05, 3.63) is 51.8 Å². The van der Waals surface area contributed by atoms with E-state index in [1.807, 2.05) is 51.1 Å². The van der Waals surface area contributed by atoms with Crippen LogP contribution in [0.25, 0.3) is 20.3 Å². The van der Waals surface area contributed by atoms with E-state index in [9.17, 15) is 4.79 Å². The van der Waals surface area contributed by atoms with Crippen molar-refractivity contribution >= 4 is 48.9 Å². The van der Waals surface area contributed by atoms with E-state index in [0.29, 0.717) is 0 Å². The minimum Gasteiger partial charge on any atom is -0.456 e. The molecule has 28 heavy (non-hydrogen) atoms. The predicted molar refractivity (Wildman–Crippen MR) is 117 cm³/mol. The number of pyridine rings is 1. The Morgan fingerprint density at radius 1 is 1.21 bits per heavy atom. The summed E-state index contributed by atoms with van der Waals surface area (Å²) < 4.78 is 8.20. The van der Waals surface area contributed by atoms with E-state index in [1.165, 1.54) is 0 Å². The number of hydrogen-bond acceptors (Lipinski definition) is 6. The molecule has 0 atom stereocenters. The van der Waals surface area contributed by atoms with Crippen LogP contribution in [-0.2, 0) is 5.54 Å². The first kappa shape index (κ1) is 18.9. The molecule has 5 nitrogen and oxygen atoms in total. The van der Waals surface area contributed by atoms with Crippen molar-refractivity contribution < 1.29 is 9.53 Å². The highest BCUT2D eigenvalue weighted by molar-refractivity contribution is 7.19. The van der Waals surface area contributed by atoms with Gasteiger partial charge in [-0.25, -0.2) is 0 Å². The third-order valence-corrected chi connectivity index (χ3v) is 7.08. The Morgan fingerprint density at radius 2 is 2.00 bits per heavy atom. The molecule has 0 unspecified atom stereocenters. The molecule has 0 spiro atoms. The zero-order valence-corrected chi connectivity index (χ0v) is 17.8. The lowest BCUT2D eigenvalue weighted by Crippen LogP contribution is -2.27. The zero-order chi connectivity index (χ0) is 20.1. The van der Waals surface area contributed by atoms with E-state index < -0.39 is 5.54 Å². The van der Waals surface area contributed by atoms with Crippen LogP contribution in [0.2, 0.25) is 0 Å². The lowest BCUT2D eigenvalue weighted by Gasteiger charge is -2.15. The first-order valence-electron chi connectivity index (χ1n) is 8.89. The van der Waals surface area contributed by atoms with Crippen LogP contribution in [-0.4, -0.2) is 17.9 Å². The van der Waals surface area contributed by atoms with Crippen LogP contribution >= 0.6 is 22.7 Å². The summed E-state index contributed by atoms with van der Waals surface area (Å²) in [5, 5.41) is 3.65. The molecular formula is C21H21N3O2S2. The van der Waals surface area contributed by atoms with E-state index in [0.717, 1.165) is 47.1 Å². The number of ether oxygens (including phenoxy) is 1. The Balaban J connectivity index is 1.74. The van der Waals surface area contributed by atoms with Crippen LogP contribution in [0.5, 0.6) is 11.5 Å². The molecule has 3 N–H and O–H groups in total. The van der Waals surface area contributed by atoms with Crippen LogP contribution in [0.15, 0.2) is 36.5 Å². The maximum absolute atomic E-state index is 12.2. The number of nitrogens with zero attached hydrogens (tertiary/aromatic N) is 1. The summed E-state index contributed by atoms with van der Waals surface area (Å²) in [7, 11) is 1.65. The van der Waals surface area contributed by atoms with Gasteiger partial charge in [0, 0.05) is 44.7 Å². The van der Waals surface area contributed by atoms with Gasteiger partial charge < -0.3 is 15.8 Å². The van der Waals surface area contributed by atoms with Crippen LogP contribution in [0.3, 0.4) is 0 Å². The maximum Gasteiger partial charge on any atom is 0.252 e. The molecule has 0 saturated carbocycles. The zero-order valence-electron chi connectivity index (χ0n) is 16.1. The fourth-order valence-corrected chi connectivity index (χ4v) is 5.28. The van der Waals surface area contributed by atoms with Gasteiger partial charge in [-0.1, -0.05) is 0 Å². The van der Waals surface area contributed by atoms with Gasteiger partial charge in [0.2, 0.25) is 0 Å². The number of aryl methyl sites for hydroxylation is 1. The third-order valence-electron chi connectivity index (χ3n) is 4.53. The van der Waals surface area contributed by atoms with Crippen molar-refractivity contribution in [2.24, 2.45) is 5.73 Å². The van der Waals surface area contributed by atoms with Gasteiger partial charge in [-0.05, 0) is 45.0 Å². The monoisotopic (exact) mass is 411 g/mol. The van der Waals surface area contributed by atoms with Gasteiger partial charge in [-0.15, -0.1) is 22.7 Å². The van der Waals surface area contributed by atoms with Crippen LogP contribution in [0.1, 0.15) is 34.0 Å². The Hall–Kier alpha value is -2.48. The van der Waals surface area contributed by atoms with E-state index in [2.05, 4.69) is 10.3 Å². The number of carbonyl (C=O) groups is 1. The molecule has 0 saturated heterocycles. The predicted octanol–water partition coefficient (Wildman–Crippen LogP) is 5.17. The Morgan fingerprint density at radius 3 is 2.71 bits per heavy atom. The largest absolute Gasteiger partial charge is 0.456 e. The minimum absolute atomic E-state index is 0.0659. The summed E-state index contributed by atoms with van der Waals surface area (Å²) in [5.74, 6) is 1.42. The Bertz CT molecular complexity index is 1200. The second kappa shape index (κ2) is 6.84. The molecule has 1 amide bonds. The summed E-state index contributed by atoms with van der Waals surface area (Å²) >= 11 is 3.20. The number of nitrogens with one attached hydrogen (secondary N) is 1. The number of amides is 1. The number of carbonyl (C=O) groups excluding carboxylic acids is 1. The SMILES string of the molecule is CNC(=O)c1c(C)sc2cc(Oc3ccnc4cc(C(C)(C)N)sc34)ccc12. The number of fused-ring (bicyclic) bond motifs is 2. The minimum atomic E-state index is -0.424. The summed E-state index contributed by atoms with van der Waals surface area (Å²) in [4.78, 5) is 18.7. The fourth-order valence-electron chi connectivity index (χ4n) is 3.11. The maximum atomic E-state index is 12.2. The topological polar surface area (TPSA) is 77.2 Å². The summed E-state index contributed by atoms with van der Waals surface area (Å²) in [6.07, 6.45) is 1.75. The Kier molecular flexibility index (Phi) is 4.61. The lowest BCUT2D eigenvalue weighted by atomic mass is 10.1. The third kappa shape index (κ3) is 3.26. The van der Waals surface area contributed by atoms with Gasteiger partial charge in [0.15, 0.2) is 0 Å². The van der Waals surface area contributed by atoms with Crippen molar-refractivity contribution in [3.8, 4) is 11.5 Å². The highest BCUT2D eigenvalue weighted by Crippen LogP contribution is 2.39. The molecular weight excluding hydrogens is 390 g/mol. The number of rotatable bonds is 4. The molecule has 0 radical (unpaired) electrons. The van der Waals surface area contributed by atoms with Crippen molar-refractivity contribution in [2.75, 3.05) is 7.05 Å². The number of benzene rings is 1. The highest BCUT2D eigenvalue weighted by Gasteiger charge is 2.20. The number of aromatic nitrogens is 1. The van der Waals surface area contributed by atoms with Crippen LogP contribution in [0.4, 0.5) is 0 Å².